The predicted octanol–water partition coefficient (Wildman–Crippen LogP) is 4.89. The SMILES string of the molecule is COc1ccc(-c2coc3c4c(ccc3c2=O)OCN(Cc2cccs2)C4)cc1OC. The van der Waals surface area contributed by atoms with Crippen LogP contribution < -0.4 is 19.6 Å². The summed E-state index contributed by atoms with van der Waals surface area (Å²) < 4.78 is 22.6. The molecular weight excluding hydrogens is 414 g/mol. The molecular formula is C24H21NO5S. The molecule has 0 radical (unpaired) electrons. The minimum atomic E-state index is -0.0911. The van der Waals surface area contributed by atoms with E-state index in [4.69, 9.17) is 18.6 Å². The van der Waals surface area contributed by atoms with Gasteiger partial charge in [-0.15, -0.1) is 11.3 Å². The molecule has 3 heterocycles. The van der Waals surface area contributed by atoms with Crippen molar-refractivity contribution in [1.82, 2.24) is 4.90 Å². The van der Waals surface area contributed by atoms with E-state index in [-0.39, 0.29) is 5.43 Å². The lowest BCUT2D eigenvalue weighted by molar-refractivity contribution is 0.0899. The zero-order valence-corrected chi connectivity index (χ0v) is 18.0. The van der Waals surface area contributed by atoms with Crippen molar-refractivity contribution >= 4 is 22.3 Å². The molecule has 2 aromatic carbocycles. The number of thiophene rings is 1. The van der Waals surface area contributed by atoms with Crippen LogP contribution in [0, 0.1) is 0 Å². The van der Waals surface area contributed by atoms with E-state index in [1.54, 1.807) is 43.8 Å². The van der Waals surface area contributed by atoms with E-state index >= 15 is 0 Å². The Balaban J connectivity index is 1.54. The van der Waals surface area contributed by atoms with E-state index in [1.807, 2.05) is 18.2 Å². The monoisotopic (exact) mass is 435 g/mol. The van der Waals surface area contributed by atoms with E-state index < -0.39 is 0 Å². The third-order valence-electron chi connectivity index (χ3n) is 5.44. The molecule has 0 aliphatic carbocycles. The topological polar surface area (TPSA) is 61.1 Å². The molecule has 31 heavy (non-hydrogen) atoms. The minimum absolute atomic E-state index is 0.0911. The van der Waals surface area contributed by atoms with Gasteiger partial charge in [0.05, 0.1) is 30.7 Å². The van der Waals surface area contributed by atoms with Gasteiger partial charge in [-0.25, -0.2) is 0 Å². The van der Waals surface area contributed by atoms with Gasteiger partial charge in [-0.05, 0) is 41.3 Å². The van der Waals surface area contributed by atoms with E-state index in [0.29, 0.717) is 46.9 Å². The second-order valence-electron chi connectivity index (χ2n) is 7.31. The molecule has 4 aromatic rings. The molecule has 2 aromatic heterocycles. The Kier molecular flexibility index (Phi) is 5.13. The molecule has 1 aliphatic heterocycles. The molecule has 1 aliphatic rings. The fourth-order valence-corrected chi connectivity index (χ4v) is 4.63. The Bertz CT molecular complexity index is 1300. The number of hydrogen-bond acceptors (Lipinski definition) is 7. The van der Waals surface area contributed by atoms with E-state index in [0.717, 1.165) is 17.9 Å². The lowest BCUT2D eigenvalue weighted by Gasteiger charge is -2.28. The summed E-state index contributed by atoms with van der Waals surface area (Å²) >= 11 is 1.72. The van der Waals surface area contributed by atoms with Crippen LogP contribution in [0.5, 0.6) is 17.2 Å². The van der Waals surface area contributed by atoms with Crippen molar-refractivity contribution in [2.45, 2.75) is 13.1 Å². The Morgan fingerprint density at radius 1 is 1.10 bits per heavy atom. The van der Waals surface area contributed by atoms with Crippen molar-refractivity contribution < 1.29 is 18.6 Å². The summed E-state index contributed by atoms with van der Waals surface area (Å²) in [5.41, 5.74) is 2.56. The smallest absolute Gasteiger partial charge is 0.200 e. The average molecular weight is 436 g/mol. The third-order valence-corrected chi connectivity index (χ3v) is 6.30. The zero-order valence-electron chi connectivity index (χ0n) is 17.2. The quantitative estimate of drug-likeness (QED) is 0.445. The average Bonchev–Trinajstić information content (AvgIpc) is 3.32. The fraction of sp³-hybridized carbons (Fsp3) is 0.208. The number of benzene rings is 2. The van der Waals surface area contributed by atoms with Gasteiger partial charge in [-0.3, -0.25) is 9.69 Å². The zero-order chi connectivity index (χ0) is 21.4. The molecule has 0 saturated carbocycles. The Hall–Kier alpha value is -3.29. The molecule has 0 amide bonds. The summed E-state index contributed by atoms with van der Waals surface area (Å²) in [5, 5.41) is 2.60. The highest BCUT2D eigenvalue weighted by Gasteiger charge is 2.23. The van der Waals surface area contributed by atoms with E-state index in [9.17, 15) is 4.79 Å². The number of rotatable bonds is 5. The molecule has 0 N–H and O–H groups in total. The van der Waals surface area contributed by atoms with Gasteiger partial charge in [0.25, 0.3) is 0 Å². The molecule has 0 atom stereocenters. The van der Waals surface area contributed by atoms with Crippen molar-refractivity contribution in [3.8, 4) is 28.4 Å². The summed E-state index contributed by atoms with van der Waals surface area (Å²) in [7, 11) is 3.15. The van der Waals surface area contributed by atoms with E-state index in [2.05, 4.69) is 16.3 Å². The maximum Gasteiger partial charge on any atom is 0.200 e. The van der Waals surface area contributed by atoms with Crippen molar-refractivity contribution in [2.75, 3.05) is 21.0 Å². The van der Waals surface area contributed by atoms with Gasteiger partial charge in [0.2, 0.25) is 5.43 Å². The van der Waals surface area contributed by atoms with Crippen LogP contribution in [0.3, 0.4) is 0 Å². The van der Waals surface area contributed by atoms with Crippen LogP contribution in [-0.2, 0) is 13.1 Å². The van der Waals surface area contributed by atoms with E-state index in [1.165, 1.54) is 11.1 Å². The molecule has 6 nitrogen and oxygen atoms in total. The Morgan fingerprint density at radius 3 is 2.74 bits per heavy atom. The lowest BCUT2D eigenvalue weighted by atomic mass is 10.0. The highest BCUT2D eigenvalue weighted by Crippen LogP contribution is 2.35. The minimum Gasteiger partial charge on any atom is -0.493 e. The molecule has 0 saturated heterocycles. The van der Waals surface area contributed by atoms with Gasteiger partial charge in [-0.1, -0.05) is 12.1 Å². The molecule has 5 rings (SSSR count). The van der Waals surface area contributed by atoms with Gasteiger partial charge in [0.15, 0.2) is 11.5 Å². The summed E-state index contributed by atoms with van der Waals surface area (Å²) in [6.07, 6.45) is 1.52. The summed E-state index contributed by atoms with van der Waals surface area (Å²) in [6.45, 7) is 1.95. The Labute approximate surface area is 183 Å². The lowest BCUT2D eigenvalue weighted by Crippen LogP contribution is -2.31. The largest absolute Gasteiger partial charge is 0.493 e. The normalized spacial score (nSPS) is 13.6. The molecule has 0 spiro atoms. The number of fused-ring (bicyclic) bond motifs is 3. The van der Waals surface area contributed by atoms with Crippen molar-refractivity contribution in [3.63, 3.8) is 0 Å². The van der Waals surface area contributed by atoms with Gasteiger partial charge in [0.1, 0.15) is 24.3 Å². The van der Waals surface area contributed by atoms with Gasteiger partial charge < -0.3 is 18.6 Å². The standard InChI is InChI=1S/C24H21NO5S/c1-27-21-7-5-15(10-22(21)28-2)19-13-29-24-17(23(19)26)6-8-20-18(24)12-25(14-30-20)11-16-4-3-9-31-16/h3-10,13H,11-12,14H2,1-2H3. The first-order chi connectivity index (χ1) is 15.2. The fourth-order valence-electron chi connectivity index (χ4n) is 3.88. The Morgan fingerprint density at radius 2 is 1.97 bits per heavy atom. The highest BCUT2D eigenvalue weighted by atomic mass is 32.1. The van der Waals surface area contributed by atoms with Gasteiger partial charge in [-0.2, -0.15) is 0 Å². The number of nitrogens with zero attached hydrogens (tertiary/aromatic N) is 1. The molecule has 0 unspecified atom stereocenters. The van der Waals surface area contributed by atoms with Crippen LogP contribution >= 0.6 is 11.3 Å². The van der Waals surface area contributed by atoms with Crippen molar-refractivity contribution in [3.05, 3.63) is 74.8 Å². The molecule has 0 fully saturated rings. The first kappa shape index (κ1) is 19.7. The van der Waals surface area contributed by atoms with Crippen LogP contribution in [0.1, 0.15) is 10.4 Å². The second kappa shape index (κ2) is 8.09. The summed E-state index contributed by atoms with van der Waals surface area (Å²) in [6, 6.07) is 13.2. The molecule has 158 valence electrons. The van der Waals surface area contributed by atoms with Gasteiger partial charge >= 0.3 is 0 Å². The summed E-state index contributed by atoms with van der Waals surface area (Å²) in [4.78, 5) is 16.8. The molecule has 0 bridgehead atoms. The van der Waals surface area contributed by atoms with Crippen LogP contribution in [0.15, 0.2) is 63.3 Å². The first-order valence-corrected chi connectivity index (χ1v) is 10.7. The number of ether oxygens (including phenoxy) is 3. The number of methoxy groups -OCH3 is 2. The summed E-state index contributed by atoms with van der Waals surface area (Å²) in [5.74, 6) is 1.92. The third kappa shape index (κ3) is 3.56. The maximum atomic E-state index is 13.3. The van der Waals surface area contributed by atoms with Crippen LogP contribution in [0.4, 0.5) is 0 Å². The molecule has 7 heteroatoms. The van der Waals surface area contributed by atoms with Crippen LogP contribution in [0.25, 0.3) is 22.1 Å². The highest BCUT2D eigenvalue weighted by molar-refractivity contribution is 7.09. The second-order valence-corrected chi connectivity index (χ2v) is 8.34. The van der Waals surface area contributed by atoms with Crippen LogP contribution in [-0.4, -0.2) is 25.9 Å². The predicted molar refractivity (Wildman–Crippen MR) is 120 cm³/mol. The van der Waals surface area contributed by atoms with Crippen molar-refractivity contribution in [2.24, 2.45) is 0 Å². The van der Waals surface area contributed by atoms with Crippen LogP contribution in [0.2, 0.25) is 0 Å². The van der Waals surface area contributed by atoms with Crippen molar-refractivity contribution in [1.29, 1.82) is 0 Å². The van der Waals surface area contributed by atoms with Gasteiger partial charge in [0, 0.05) is 18.0 Å². The number of hydrogen-bond donors (Lipinski definition) is 0. The first-order valence-electron chi connectivity index (χ1n) is 9.85. The maximum absolute atomic E-state index is 13.3.